The zero-order chi connectivity index (χ0) is 18.0. The van der Waals surface area contributed by atoms with Gasteiger partial charge in [0, 0.05) is 11.6 Å². The first kappa shape index (κ1) is 17.8. The van der Waals surface area contributed by atoms with Crippen molar-refractivity contribution in [1.29, 1.82) is 0 Å². The van der Waals surface area contributed by atoms with Crippen molar-refractivity contribution in [3.05, 3.63) is 41.4 Å². The highest BCUT2D eigenvalue weighted by Gasteiger charge is 2.35. The van der Waals surface area contributed by atoms with Crippen molar-refractivity contribution in [2.24, 2.45) is 0 Å². The number of hydrogen-bond acceptors (Lipinski definition) is 6. The van der Waals surface area contributed by atoms with E-state index in [1.807, 2.05) is 0 Å². The third-order valence-electron chi connectivity index (χ3n) is 3.72. The van der Waals surface area contributed by atoms with E-state index >= 15 is 0 Å². The molecule has 0 spiro atoms. The molecule has 2 aromatic rings. The molecule has 1 fully saturated rings. The fraction of sp³-hybridized carbons (Fsp3) is 0.333. The van der Waals surface area contributed by atoms with Crippen LogP contribution in [-0.2, 0) is 10.0 Å². The molecule has 2 heterocycles. The Morgan fingerprint density at radius 1 is 1.32 bits per heavy atom. The molecule has 0 unspecified atom stereocenters. The van der Waals surface area contributed by atoms with Crippen LogP contribution in [0.15, 0.2) is 35.5 Å². The first-order valence-corrected chi connectivity index (χ1v) is 9.20. The Morgan fingerprint density at radius 2 is 2.04 bits per heavy atom. The molecule has 0 aliphatic carbocycles. The lowest BCUT2D eigenvalue weighted by Crippen LogP contribution is -2.31. The summed E-state index contributed by atoms with van der Waals surface area (Å²) in [6.07, 6.45) is 2.01. The van der Waals surface area contributed by atoms with Gasteiger partial charge in [-0.15, -0.1) is 0 Å². The number of sulfonamides is 1. The summed E-state index contributed by atoms with van der Waals surface area (Å²) in [5.74, 6) is -0.355. The van der Waals surface area contributed by atoms with Gasteiger partial charge in [0.05, 0.1) is 26.0 Å². The van der Waals surface area contributed by atoms with Gasteiger partial charge in [-0.3, -0.25) is 0 Å². The van der Waals surface area contributed by atoms with Crippen LogP contribution >= 0.6 is 11.6 Å². The number of methoxy groups -OCH3 is 1. The minimum absolute atomic E-state index is 0.00109. The maximum absolute atomic E-state index is 12.9. The summed E-state index contributed by atoms with van der Waals surface area (Å²) < 4.78 is 50.5. The highest BCUT2D eigenvalue weighted by Crippen LogP contribution is 2.31. The van der Waals surface area contributed by atoms with Crippen LogP contribution in [0.4, 0.5) is 4.39 Å². The SMILES string of the molecule is COc1ccc(Cl)cc1S(=O)(=O)N1CC[C@@H](Oc2ncc(F)cn2)C1. The lowest BCUT2D eigenvalue weighted by Gasteiger charge is -2.18. The molecule has 1 saturated heterocycles. The Balaban J connectivity index is 1.76. The van der Waals surface area contributed by atoms with E-state index in [1.54, 1.807) is 6.07 Å². The van der Waals surface area contributed by atoms with Crippen LogP contribution in [-0.4, -0.2) is 49.0 Å². The third-order valence-corrected chi connectivity index (χ3v) is 5.84. The fourth-order valence-corrected chi connectivity index (χ4v) is 4.42. The van der Waals surface area contributed by atoms with Crippen molar-refractivity contribution in [3.63, 3.8) is 0 Å². The Labute approximate surface area is 149 Å². The molecule has 1 aliphatic rings. The third kappa shape index (κ3) is 3.83. The summed E-state index contributed by atoms with van der Waals surface area (Å²) in [7, 11) is -2.40. The predicted octanol–water partition coefficient (Wildman–Crippen LogP) is 2.12. The molecule has 0 amide bonds. The molecule has 3 rings (SSSR count). The zero-order valence-electron chi connectivity index (χ0n) is 13.2. The lowest BCUT2D eigenvalue weighted by atomic mass is 10.3. The standard InChI is InChI=1S/C15H15ClFN3O4S/c1-23-13-3-2-10(16)6-14(13)25(21,22)20-5-4-12(9-20)24-15-18-7-11(17)8-19-15/h2-3,6-8,12H,4-5,9H2,1H3/t12-/m1/s1. The lowest BCUT2D eigenvalue weighted by molar-refractivity contribution is 0.197. The van der Waals surface area contributed by atoms with Gasteiger partial charge in [-0.05, 0) is 24.6 Å². The Kier molecular flexibility index (Phi) is 5.07. The van der Waals surface area contributed by atoms with Crippen LogP contribution in [0.2, 0.25) is 5.02 Å². The maximum Gasteiger partial charge on any atom is 0.316 e. The van der Waals surface area contributed by atoms with Gasteiger partial charge in [0.1, 0.15) is 16.7 Å². The summed E-state index contributed by atoms with van der Waals surface area (Å²) in [6, 6.07) is 4.42. The summed E-state index contributed by atoms with van der Waals surface area (Å²) in [4.78, 5) is 7.43. The van der Waals surface area contributed by atoms with Gasteiger partial charge in [-0.2, -0.15) is 4.31 Å². The number of benzene rings is 1. The molecular weight excluding hydrogens is 373 g/mol. The Morgan fingerprint density at radius 3 is 2.72 bits per heavy atom. The smallest absolute Gasteiger partial charge is 0.316 e. The predicted molar refractivity (Wildman–Crippen MR) is 87.8 cm³/mol. The molecule has 1 atom stereocenters. The molecular formula is C15H15ClFN3O4S. The van der Waals surface area contributed by atoms with Gasteiger partial charge < -0.3 is 9.47 Å². The van der Waals surface area contributed by atoms with Crippen LogP contribution in [0.5, 0.6) is 11.8 Å². The molecule has 0 N–H and O–H groups in total. The Hall–Kier alpha value is -1.97. The van der Waals surface area contributed by atoms with Gasteiger partial charge in [0.15, 0.2) is 5.82 Å². The van der Waals surface area contributed by atoms with Crippen LogP contribution < -0.4 is 9.47 Å². The zero-order valence-corrected chi connectivity index (χ0v) is 14.8. The van der Waals surface area contributed by atoms with Gasteiger partial charge in [-0.25, -0.2) is 22.8 Å². The first-order chi connectivity index (χ1) is 11.9. The maximum atomic E-state index is 12.9. The summed E-state index contributed by atoms with van der Waals surface area (Å²) in [5, 5.41) is 0.297. The van der Waals surface area contributed by atoms with E-state index in [0.29, 0.717) is 11.4 Å². The van der Waals surface area contributed by atoms with Crippen LogP contribution in [0.1, 0.15) is 6.42 Å². The van der Waals surface area contributed by atoms with Gasteiger partial charge in [0.2, 0.25) is 10.0 Å². The van der Waals surface area contributed by atoms with E-state index in [4.69, 9.17) is 21.1 Å². The minimum Gasteiger partial charge on any atom is -0.495 e. The second kappa shape index (κ2) is 7.11. The van der Waals surface area contributed by atoms with E-state index in [2.05, 4.69) is 9.97 Å². The number of nitrogens with zero attached hydrogens (tertiary/aromatic N) is 3. The van der Waals surface area contributed by atoms with Crippen LogP contribution in [0.25, 0.3) is 0 Å². The molecule has 0 radical (unpaired) electrons. The molecule has 0 saturated carbocycles. The second-order valence-electron chi connectivity index (χ2n) is 5.37. The quantitative estimate of drug-likeness (QED) is 0.781. The first-order valence-electron chi connectivity index (χ1n) is 7.38. The molecule has 134 valence electrons. The van der Waals surface area contributed by atoms with Crippen molar-refractivity contribution in [2.75, 3.05) is 20.2 Å². The van der Waals surface area contributed by atoms with E-state index in [0.717, 1.165) is 12.4 Å². The summed E-state index contributed by atoms with van der Waals surface area (Å²) in [6.45, 7) is 0.391. The van der Waals surface area contributed by atoms with Gasteiger partial charge >= 0.3 is 6.01 Å². The van der Waals surface area contributed by atoms with Crippen LogP contribution in [0, 0.1) is 5.82 Å². The highest BCUT2D eigenvalue weighted by atomic mass is 35.5. The number of aromatic nitrogens is 2. The van der Waals surface area contributed by atoms with Crippen molar-refractivity contribution < 1.29 is 22.3 Å². The number of hydrogen-bond donors (Lipinski definition) is 0. The monoisotopic (exact) mass is 387 g/mol. The van der Waals surface area contributed by atoms with E-state index in [-0.39, 0.29) is 29.7 Å². The summed E-state index contributed by atoms with van der Waals surface area (Å²) >= 11 is 5.92. The molecule has 25 heavy (non-hydrogen) atoms. The molecule has 1 aromatic carbocycles. The van der Waals surface area contributed by atoms with E-state index in [1.165, 1.54) is 23.5 Å². The largest absolute Gasteiger partial charge is 0.495 e. The summed E-state index contributed by atoms with van der Waals surface area (Å²) in [5.41, 5.74) is 0. The fourth-order valence-electron chi connectivity index (χ4n) is 2.51. The van der Waals surface area contributed by atoms with Gasteiger partial charge in [0.25, 0.3) is 0 Å². The second-order valence-corrected chi connectivity index (χ2v) is 7.71. The van der Waals surface area contributed by atoms with Crippen LogP contribution in [0.3, 0.4) is 0 Å². The van der Waals surface area contributed by atoms with Crippen molar-refractivity contribution in [2.45, 2.75) is 17.4 Å². The molecule has 1 aromatic heterocycles. The number of halogens is 2. The number of rotatable bonds is 5. The molecule has 10 heteroatoms. The van der Waals surface area contributed by atoms with Crippen molar-refractivity contribution in [3.8, 4) is 11.8 Å². The average molecular weight is 388 g/mol. The minimum atomic E-state index is -3.79. The van der Waals surface area contributed by atoms with Gasteiger partial charge in [-0.1, -0.05) is 11.6 Å². The van der Waals surface area contributed by atoms with E-state index in [9.17, 15) is 12.8 Å². The average Bonchev–Trinajstić information content (AvgIpc) is 3.06. The normalized spacial score (nSPS) is 18.3. The van der Waals surface area contributed by atoms with Crippen molar-refractivity contribution >= 4 is 21.6 Å². The number of ether oxygens (including phenoxy) is 2. The topological polar surface area (TPSA) is 81.6 Å². The van der Waals surface area contributed by atoms with Crippen molar-refractivity contribution in [1.82, 2.24) is 14.3 Å². The van der Waals surface area contributed by atoms with E-state index < -0.39 is 21.9 Å². The molecule has 1 aliphatic heterocycles. The highest BCUT2D eigenvalue weighted by molar-refractivity contribution is 7.89. The molecule has 0 bridgehead atoms. The molecule has 7 nitrogen and oxygen atoms in total. The Bertz CT molecular complexity index is 864.